The molecule has 1 aromatic rings. The summed E-state index contributed by atoms with van der Waals surface area (Å²) in [5.41, 5.74) is 0. The Morgan fingerprint density at radius 3 is 2.88 bits per heavy atom. The minimum Gasteiger partial charge on any atom is -0.478 e. The molecule has 1 rings (SSSR count). The second-order valence-corrected chi connectivity index (χ2v) is 3.80. The lowest BCUT2D eigenvalue weighted by atomic mass is 10.4. The number of carboxylic acids is 1. The zero-order valence-electron chi connectivity index (χ0n) is 8.26. The van der Waals surface area contributed by atoms with Crippen LogP contribution < -0.4 is 5.32 Å². The van der Waals surface area contributed by atoms with E-state index in [1.165, 1.54) is 0 Å². The SMILES string of the molecule is O=C(O)C=CC(=O)NCCn1cc(Br)cn1. The van der Waals surface area contributed by atoms with Crippen LogP contribution in [0.25, 0.3) is 0 Å². The second kappa shape index (κ2) is 6.06. The van der Waals surface area contributed by atoms with Crippen molar-refractivity contribution < 1.29 is 14.7 Å². The quantitative estimate of drug-likeness (QED) is 0.768. The maximum absolute atomic E-state index is 11.0. The topological polar surface area (TPSA) is 84.2 Å². The molecule has 86 valence electrons. The fraction of sp³-hybridized carbons (Fsp3) is 0.222. The monoisotopic (exact) mass is 287 g/mol. The molecule has 0 aliphatic heterocycles. The Morgan fingerprint density at radius 1 is 1.56 bits per heavy atom. The molecule has 0 fully saturated rings. The first-order valence-electron chi connectivity index (χ1n) is 4.45. The Bertz CT molecular complexity index is 414. The molecule has 0 radical (unpaired) electrons. The third kappa shape index (κ3) is 4.74. The zero-order valence-corrected chi connectivity index (χ0v) is 9.85. The number of aromatic nitrogens is 2. The van der Waals surface area contributed by atoms with E-state index in [1.54, 1.807) is 17.1 Å². The molecule has 1 aromatic heterocycles. The van der Waals surface area contributed by atoms with Crippen LogP contribution >= 0.6 is 15.9 Å². The third-order valence-corrected chi connectivity index (χ3v) is 2.03. The van der Waals surface area contributed by atoms with Gasteiger partial charge in [-0.05, 0) is 15.9 Å². The largest absolute Gasteiger partial charge is 0.478 e. The Labute approximate surface area is 100 Å². The van der Waals surface area contributed by atoms with Crippen molar-refractivity contribution in [2.75, 3.05) is 6.54 Å². The van der Waals surface area contributed by atoms with E-state index < -0.39 is 11.9 Å². The van der Waals surface area contributed by atoms with Gasteiger partial charge >= 0.3 is 5.97 Å². The number of halogens is 1. The molecule has 0 aromatic carbocycles. The van der Waals surface area contributed by atoms with E-state index in [4.69, 9.17) is 5.11 Å². The van der Waals surface area contributed by atoms with Crippen LogP contribution in [0.1, 0.15) is 0 Å². The fourth-order valence-electron chi connectivity index (χ4n) is 0.960. The van der Waals surface area contributed by atoms with Gasteiger partial charge in [0.15, 0.2) is 0 Å². The van der Waals surface area contributed by atoms with Crippen molar-refractivity contribution in [3.8, 4) is 0 Å². The Hall–Kier alpha value is -1.63. The van der Waals surface area contributed by atoms with E-state index in [2.05, 4.69) is 26.3 Å². The first-order valence-corrected chi connectivity index (χ1v) is 5.24. The number of rotatable bonds is 5. The van der Waals surface area contributed by atoms with Gasteiger partial charge in [0.25, 0.3) is 0 Å². The summed E-state index contributed by atoms with van der Waals surface area (Å²) >= 11 is 3.25. The van der Waals surface area contributed by atoms with E-state index in [0.717, 1.165) is 16.6 Å². The number of amides is 1. The van der Waals surface area contributed by atoms with Gasteiger partial charge in [-0.3, -0.25) is 9.48 Å². The zero-order chi connectivity index (χ0) is 12.0. The van der Waals surface area contributed by atoms with Crippen molar-refractivity contribution in [1.29, 1.82) is 0 Å². The van der Waals surface area contributed by atoms with Crippen molar-refractivity contribution in [2.24, 2.45) is 0 Å². The maximum Gasteiger partial charge on any atom is 0.328 e. The average Bonchev–Trinajstić information content (AvgIpc) is 2.61. The summed E-state index contributed by atoms with van der Waals surface area (Å²) in [6.45, 7) is 0.912. The fourth-order valence-corrected chi connectivity index (χ4v) is 1.29. The lowest BCUT2D eigenvalue weighted by Crippen LogP contribution is -2.25. The summed E-state index contributed by atoms with van der Waals surface area (Å²) in [4.78, 5) is 21.2. The first kappa shape index (κ1) is 12.4. The number of hydrogen-bond acceptors (Lipinski definition) is 3. The number of carboxylic acid groups (broad SMARTS) is 1. The smallest absolute Gasteiger partial charge is 0.328 e. The molecule has 1 heterocycles. The van der Waals surface area contributed by atoms with Crippen LogP contribution in [0.5, 0.6) is 0 Å². The van der Waals surface area contributed by atoms with Crippen LogP contribution in [-0.2, 0) is 16.1 Å². The lowest BCUT2D eigenvalue weighted by Gasteiger charge is -2.01. The van der Waals surface area contributed by atoms with E-state index in [1.807, 2.05) is 0 Å². The predicted molar refractivity (Wildman–Crippen MR) is 59.7 cm³/mol. The number of carbonyl (C=O) groups is 2. The van der Waals surface area contributed by atoms with Gasteiger partial charge in [-0.2, -0.15) is 5.10 Å². The minimum absolute atomic E-state index is 0.386. The predicted octanol–water partition coefficient (Wildman–Crippen LogP) is 0.403. The molecule has 0 spiro atoms. The maximum atomic E-state index is 11.0. The van der Waals surface area contributed by atoms with Gasteiger partial charge in [-0.15, -0.1) is 0 Å². The third-order valence-electron chi connectivity index (χ3n) is 1.62. The molecule has 2 N–H and O–H groups in total. The number of hydrogen-bond donors (Lipinski definition) is 2. The van der Waals surface area contributed by atoms with Gasteiger partial charge in [0.05, 0.1) is 17.2 Å². The highest BCUT2D eigenvalue weighted by molar-refractivity contribution is 9.10. The van der Waals surface area contributed by atoms with Crippen LogP contribution in [-0.4, -0.2) is 33.3 Å². The summed E-state index contributed by atoms with van der Waals surface area (Å²) in [6.07, 6.45) is 5.19. The molecule has 0 bridgehead atoms. The van der Waals surface area contributed by atoms with Crippen LogP contribution in [0.2, 0.25) is 0 Å². The van der Waals surface area contributed by atoms with Crippen LogP contribution in [0.3, 0.4) is 0 Å². The highest BCUT2D eigenvalue weighted by Gasteiger charge is 1.98. The van der Waals surface area contributed by atoms with E-state index in [-0.39, 0.29) is 0 Å². The van der Waals surface area contributed by atoms with Crippen LogP contribution in [0, 0.1) is 0 Å². The van der Waals surface area contributed by atoms with Crippen molar-refractivity contribution >= 4 is 27.8 Å². The summed E-state index contributed by atoms with van der Waals surface area (Å²) < 4.78 is 2.52. The van der Waals surface area contributed by atoms with E-state index in [0.29, 0.717) is 13.1 Å². The molecule has 0 saturated carbocycles. The van der Waals surface area contributed by atoms with Gasteiger partial charge in [0.2, 0.25) is 5.91 Å². The number of aliphatic carboxylic acids is 1. The van der Waals surface area contributed by atoms with Gasteiger partial charge in [-0.1, -0.05) is 0 Å². The summed E-state index contributed by atoms with van der Waals surface area (Å²) in [7, 11) is 0. The number of nitrogens with zero attached hydrogens (tertiary/aromatic N) is 2. The molecule has 1 amide bonds. The van der Waals surface area contributed by atoms with Crippen molar-refractivity contribution in [3.05, 3.63) is 29.0 Å². The Morgan fingerprint density at radius 2 is 2.31 bits per heavy atom. The van der Waals surface area contributed by atoms with Crippen molar-refractivity contribution in [1.82, 2.24) is 15.1 Å². The molecule has 0 aliphatic carbocycles. The molecule has 0 atom stereocenters. The molecule has 0 aliphatic rings. The summed E-state index contributed by atoms with van der Waals surface area (Å²) in [5.74, 6) is -1.58. The van der Waals surface area contributed by atoms with Crippen molar-refractivity contribution in [3.63, 3.8) is 0 Å². The minimum atomic E-state index is -1.15. The summed E-state index contributed by atoms with van der Waals surface area (Å²) in [5, 5.41) is 14.8. The molecular formula is C9H10BrN3O3. The molecule has 6 nitrogen and oxygen atoms in total. The standard InChI is InChI=1S/C9H10BrN3O3/c10-7-5-12-13(6-7)4-3-11-8(14)1-2-9(15)16/h1-2,5-6H,3-4H2,(H,11,14)(H,15,16). The van der Waals surface area contributed by atoms with Gasteiger partial charge in [-0.25, -0.2) is 4.79 Å². The Kier molecular flexibility index (Phi) is 4.71. The van der Waals surface area contributed by atoms with Crippen LogP contribution in [0.4, 0.5) is 0 Å². The van der Waals surface area contributed by atoms with Gasteiger partial charge < -0.3 is 10.4 Å². The molecule has 0 saturated heterocycles. The van der Waals surface area contributed by atoms with Gasteiger partial charge in [0, 0.05) is 24.9 Å². The van der Waals surface area contributed by atoms with E-state index >= 15 is 0 Å². The lowest BCUT2D eigenvalue weighted by molar-refractivity contribution is -0.131. The van der Waals surface area contributed by atoms with Crippen molar-refractivity contribution in [2.45, 2.75) is 6.54 Å². The Balaban J connectivity index is 2.25. The van der Waals surface area contributed by atoms with E-state index in [9.17, 15) is 9.59 Å². The molecule has 0 unspecified atom stereocenters. The van der Waals surface area contributed by atoms with Gasteiger partial charge in [0.1, 0.15) is 0 Å². The normalized spacial score (nSPS) is 10.6. The summed E-state index contributed by atoms with van der Waals surface area (Å²) in [6, 6.07) is 0. The first-order chi connectivity index (χ1) is 7.58. The molecule has 7 heteroatoms. The second-order valence-electron chi connectivity index (χ2n) is 2.88. The highest BCUT2D eigenvalue weighted by Crippen LogP contribution is 2.05. The number of carbonyl (C=O) groups excluding carboxylic acids is 1. The average molecular weight is 288 g/mol. The molecular weight excluding hydrogens is 278 g/mol. The molecule has 16 heavy (non-hydrogen) atoms. The number of nitrogens with one attached hydrogen (secondary N) is 1. The van der Waals surface area contributed by atoms with Crippen LogP contribution in [0.15, 0.2) is 29.0 Å². The highest BCUT2D eigenvalue weighted by atomic mass is 79.9.